The van der Waals surface area contributed by atoms with Crippen molar-refractivity contribution in [3.63, 3.8) is 0 Å². The van der Waals surface area contributed by atoms with Gasteiger partial charge in [0.25, 0.3) is 10.0 Å². The molecule has 0 aliphatic carbocycles. The van der Waals surface area contributed by atoms with Gasteiger partial charge in [0.15, 0.2) is 0 Å². The van der Waals surface area contributed by atoms with Crippen LogP contribution >= 0.6 is 0 Å². The third-order valence-electron chi connectivity index (χ3n) is 7.27. The van der Waals surface area contributed by atoms with E-state index in [9.17, 15) is 18.0 Å². The smallest absolute Gasteiger partial charge is 0.264 e. The molecule has 4 aromatic rings. The Balaban J connectivity index is 1.81. The van der Waals surface area contributed by atoms with Gasteiger partial charge in [-0.1, -0.05) is 91.0 Å². The lowest BCUT2D eigenvalue weighted by molar-refractivity contribution is -0.140. The highest BCUT2D eigenvalue weighted by molar-refractivity contribution is 7.92. The summed E-state index contributed by atoms with van der Waals surface area (Å²) < 4.78 is 29.3. The molecule has 42 heavy (non-hydrogen) atoms. The lowest BCUT2D eigenvalue weighted by Gasteiger charge is -2.34. The summed E-state index contributed by atoms with van der Waals surface area (Å²) in [6, 6.07) is 31.6. The second-order valence-electron chi connectivity index (χ2n) is 10.2. The molecule has 0 spiro atoms. The molecule has 0 aliphatic heterocycles. The van der Waals surface area contributed by atoms with Crippen molar-refractivity contribution in [1.29, 1.82) is 0 Å². The molecule has 0 bridgehead atoms. The van der Waals surface area contributed by atoms with E-state index in [-0.39, 0.29) is 23.8 Å². The fourth-order valence-corrected chi connectivity index (χ4v) is 6.36. The van der Waals surface area contributed by atoms with Crippen LogP contribution in [-0.2, 0) is 32.6 Å². The Kier molecular flexibility index (Phi) is 10.1. The van der Waals surface area contributed by atoms with Crippen LogP contribution in [0.25, 0.3) is 0 Å². The number of benzene rings is 4. The summed E-state index contributed by atoms with van der Waals surface area (Å²) >= 11 is 0. The van der Waals surface area contributed by atoms with Crippen LogP contribution in [0.4, 0.5) is 5.69 Å². The van der Waals surface area contributed by atoms with Gasteiger partial charge in [0.2, 0.25) is 11.8 Å². The highest BCUT2D eigenvalue weighted by Gasteiger charge is 2.35. The molecule has 0 saturated heterocycles. The quantitative estimate of drug-likeness (QED) is 0.246. The second kappa shape index (κ2) is 14.0. The van der Waals surface area contributed by atoms with Gasteiger partial charge in [-0.15, -0.1) is 0 Å². The Hall–Kier alpha value is -4.43. The van der Waals surface area contributed by atoms with Crippen LogP contribution in [0.2, 0.25) is 0 Å². The highest BCUT2D eigenvalue weighted by atomic mass is 32.2. The highest BCUT2D eigenvalue weighted by Crippen LogP contribution is 2.29. The summed E-state index contributed by atoms with van der Waals surface area (Å²) in [5.41, 5.74) is 3.80. The van der Waals surface area contributed by atoms with E-state index in [2.05, 4.69) is 5.32 Å². The van der Waals surface area contributed by atoms with Gasteiger partial charge in [-0.25, -0.2) is 8.42 Å². The fourth-order valence-electron chi connectivity index (χ4n) is 4.86. The van der Waals surface area contributed by atoms with Gasteiger partial charge in [0.1, 0.15) is 12.6 Å². The number of nitrogens with one attached hydrogen (secondary N) is 1. The first-order valence-electron chi connectivity index (χ1n) is 14.0. The van der Waals surface area contributed by atoms with Crippen molar-refractivity contribution >= 4 is 27.5 Å². The standard InChI is InChI=1S/C34H37N3O4S/c1-4-35-34(39)32(23-28-16-8-5-9-17-28)36(24-29-18-10-6-11-19-29)33(38)25-37(31-22-14-15-26(2)27(31)3)42(40,41)30-20-12-7-13-21-30/h5-22,32H,4,23-25H2,1-3H3,(H,35,39). The van der Waals surface area contributed by atoms with Crippen molar-refractivity contribution in [1.82, 2.24) is 10.2 Å². The zero-order valence-corrected chi connectivity index (χ0v) is 25.1. The zero-order valence-electron chi connectivity index (χ0n) is 24.2. The number of anilines is 1. The number of aryl methyl sites for hydroxylation is 1. The van der Waals surface area contributed by atoms with Gasteiger partial charge >= 0.3 is 0 Å². The number of amides is 2. The lowest BCUT2D eigenvalue weighted by atomic mass is 10.0. The van der Waals surface area contributed by atoms with Crippen molar-refractivity contribution in [2.45, 2.75) is 44.7 Å². The predicted molar refractivity (Wildman–Crippen MR) is 166 cm³/mol. The van der Waals surface area contributed by atoms with Gasteiger partial charge in [-0.2, -0.15) is 0 Å². The van der Waals surface area contributed by atoms with E-state index in [1.54, 1.807) is 30.3 Å². The van der Waals surface area contributed by atoms with Crippen LogP contribution in [0.3, 0.4) is 0 Å². The Labute approximate surface area is 248 Å². The average molecular weight is 584 g/mol. The number of sulfonamides is 1. The molecule has 0 heterocycles. The first kappa shape index (κ1) is 30.5. The van der Waals surface area contributed by atoms with E-state index in [1.807, 2.05) is 87.5 Å². The minimum absolute atomic E-state index is 0.0814. The van der Waals surface area contributed by atoms with Gasteiger partial charge in [0.05, 0.1) is 10.6 Å². The van der Waals surface area contributed by atoms with Crippen molar-refractivity contribution in [2.24, 2.45) is 0 Å². The van der Waals surface area contributed by atoms with Crippen LogP contribution in [0.15, 0.2) is 114 Å². The van der Waals surface area contributed by atoms with Crippen molar-refractivity contribution in [3.05, 3.63) is 131 Å². The molecule has 4 rings (SSSR count). The molecule has 0 fully saturated rings. The molecule has 7 nitrogen and oxygen atoms in total. The number of nitrogens with zero attached hydrogens (tertiary/aromatic N) is 2. The molecule has 1 atom stereocenters. The minimum atomic E-state index is -4.12. The summed E-state index contributed by atoms with van der Waals surface area (Å²) in [5, 5.41) is 2.88. The van der Waals surface area contributed by atoms with E-state index in [0.717, 1.165) is 22.3 Å². The molecule has 2 amide bonds. The molecule has 8 heteroatoms. The molecule has 0 aromatic heterocycles. The number of hydrogen-bond acceptors (Lipinski definition) is 4. The third kappa shape index (κ3) is 7.25. The average Bonchev–Trinajstić information content (AvgIpc) is 3.00. The van der Waals surface area contributed by atoms with Crippen LogP contribution in [0.5, 0.6) is 0 Å². The number of carbonyl (C=O) groups is 2. The molecular weight excluding hydrogens is 546 g/mol. The maximum absolute atomic E-state index is 14.4. The number of likely N-dealkylation sites (N-methyl/N-ethyl adjacent to an activating group) is 1. The van der Waals surface area contributed by atoms with Crippen LogP contribution in [0, 0.1) is 13.8 Å². The number of rotatable bonds is 12. The maximum atomic E-state index is 14.4. The molecular formula is C34H37N3O4S. The van der Waals surface area contributed by atoms with Crippen LogP contribution in [-0.4, -0.2) is 44.3 Å². The molecule has 218 valence electrons. The number of hydrogen-bond donors (Lipinski definition) is 1. The normalized spacial score (nSPS) is 11.9. The largest absolute Gasteiger partial charge is 0.355 e. The van der Waals surface area contributed by atoms with Gasteiger partial charge in [-0.05, 0) is 61.2 Å². The van der Waals surface area contributed by atoms with Crippen LogP contribution < -0.4 is 9.62 Å². The summed E-state index contributed by atoms with van der Waals surface area (Å²) in [4.78, 5) is 29.5. The third-order valence-corrected chi connectivity index (χ3v) is 9.05. The van der Waals surface area contributed by atoms with Crippen LogP contribution in [0.1, 0.15) is 29.2 Å². The fraction of sp³-hybridized carbons (Fsp3) is 0.235. The lowest BCUT2D eigenvalue weighted by Crippen LogP contribution is -2.53. The van der Waals surface area contributed by atoms with E-state index in [1.165, 1.54) is 21.3 Å². The molecule has 1 N–H and O–H groups in total. The second-order valence-corrected chi connectivity index (χ2v) is 12.0. The monoisotopic (exact) mass is 583 g/mol. The van der Waals surface area contributed by atoms with Crippen molar-refractivity contribution in [2.75, 3.05) is 17.4 Å². The first-order valence-corrected chi connectivity index (χ1v) is 15.5. The first-order chi connectivity index (χ1) is 20.2. The zero-order chi connectivity index (χ0) is 30.1. The summed E-state index contributed by atoms with van der Waals surface area (Å²) in [5.74, 6) is -0.777. The summed E-state index contributed by atoms with van der Waals surface area (Å²) in [6.45, 7) is 5.64. The van der Waals surface area contributed by atoms with Gasteiger partial charge < -0.3 is 10.2 Å². The van der Waals surface area contributed by atoms with Crippen molar-refractivity contribution < 1.29 is 18.0 Å². The maximum Gasteiger partial charge on any atom is 0.264 e. The molecule has 0 radical (unpaired) electrons. The molecule has 0 aliphatic rings. The van der Waals surface area contributed by atoms with E-state index < -0.39 is 28.5 Å². The molecule has 0 saturated carbocycles. The van der Waals surface area contributed by atoms with Crippen molar-refractivity contribution in [3.8, 4) is 0 Å². The number of carbonyl (C=O) groups excluding carboxylic acids is 2. The van der Waals surface area contributed by atoms with E-state index in [4.69, 9.17) is 0 Å². The van der Waals surface area contributed by atoms with Gasteiger partial charge in [-0.3, -0.25) is 13.9 Å². The topological polar surface area (TPSA) is 86.8 Å². The molecule has 4 aromatic carbocycles. The Bertz CT molecular complexity index is 1590. The Morgan fingerprint density at radius 1 is 0.762 bits per heavy atom. The predicted octanol–water partition coefficient (Wildman–Crippen LogP) is 5.27. The SMILES string of the molecule is CCNC(=O)C(Cc1ccccc1)N(Cc1ccccc1)C(=O)CN(c1cccc(C)c1C)S(=O)(=O)c1ccccc1. The summed E-state index contributed by atoms with van der Waals surface area (Å²) in [6.07, 6.45) is 0.278. The van der Waals surface area contributed by atoms with E-state index in [0.29, 0.717) is 12.2 Å². The summed E-state index contributed by atoms with van der Waals surface area (Å²) in [7, 11) is -4.12. The molecule has 1 unspecified atom stereocenters. The van der Waals surface area contributed by atoms with Gasteiger partial charge in [0, 0.05) is 19.5 Å². The Morgan fingerprint density at radius 3 is 1.93 bits per heavy atom. The van der Waals surface area contributed by atoms with E-state index >= 15 is 0 Å². The minimum Gasteiger partial charge on any atom is -0.355 e. The Morgan fingerprint density at radius 2 is 1.33 bits per heavy atom.